The molecule has 2 fully saturated rings. The van der Waals surface area contributed by atoms with E-state index in [4.69, 9.17) is 18.9 Å². The molecule has 2 aromatic rings. The number of methoxy groups -OCH3 is 2. The third-order valence-electron chi connectivity index (χ3n) is 6.47. The smallest absolute Gasteiger partial charge is 0.407 e. The molecule has 2 amide bonds. The highest BCUT2D eigenvalue weighted by atomic mass is 32.1. The van der Waals surface area contributed by atoms with Gasteiger partial charge >= 0.3 is 24.1 Å². The van der Waals surface area contributed by atoms with E-state index < -0.39 is 23.4 Å². The van der Waals surface area contributed by atoms with Gasteiger partial charge in [-0.25, -0.2) is 19.2 Å². The van der Waals surface area contributed by atoms with Crippen molar-refractivity contribution in [1.29, 1.82) is 0 Å². The second-order valence-electron chi connectivity index (χ2n) is 12.4. The van der Waals surface area contributed by atoms with Gasteiger partial charge in [0.25, 0.3) is 0 Å². The van der Waals surface area contributed by atoms with Crippen LogP contribution in [-0.4, -0.2) is 61.6 Å². The van der Waals surface area contributed by atoms with Crippen LogP contribution in [0.15, 0.2) is 12.1 Å². The van der Waals surface area contributed by atoms with Crippen LogP contribution in [-0.2, 0) is 18.9 Å². The highest BCUT2D eigenvalue weighted by Crippen LogP contribution is 2.45. The fraction of sp³-hybridized carbons (Fsp3) is 0.600. The molecule has 4 atom stereocenters. The summed E-state index contributed by atoms with van der Waals surface area (Å²) in [6.07, 6.45) is 0.960. The van der Waals surface area contributed by atoms with E-state index in [2.05, 4.69) is 10.6 Å². The zero-order valence-corrected chi connectivity index (χ0v) is 27.6. The molecular formula is C30H42N2O8S2. The molecule has 232 valence electrons. The first-order valence-electron chi connectivity index (χ1n) is 13.8. The summed E-state index contributed by atoms with van der Waals surface area (Å²) in [4.78, 5) is 49.9. The molecule has 12 heteroatoms. The number of hydrogen-bond donors (Lipinski definition) is 2. The summed E-state index contributed by atoms with van der Waals surface area (Å²) in [6.45, 7) is 15.0. The summed E-state index contributed by atoms with van der Waals surface area (Å²) < 4.78 is 19.9. The van der Waals surface area contributed by atoms with Crippen LogP contribution >= 0.6 is 22.7 Å². The summed E-state index contributed by atoms with van der Waals surface area (Å²) in [5.74, 6) is -0.113. The fourth-order valence-electron chi connectivity index (χ4n) is 4.45. The van der Waals surface area contributed by atoms with Gasteiger partial charge in [0.2, 0.25) is 0 Å². The molecule has 2 heterocycles. The van der Waals surface area contributed by atoms with Gasteiger partial charge in [-0.2, -0.15) is 0 Å². The molecule has 10 nitrogen and oxygen atoms in total. The Hall–Kier alpha value is -3.12. The first-order valence-corrected chi connectivity index (χ1v) is 15.4. The van der Waals surface area contributed by atoms with Crippen molar-refractivity contribution < 1.29 is 38.1 Å². The van der Waals surface area contributed by atoms with Gasteiger partial charge in [0.15, 0.2) is 0 Å². The van der Waals surface area contributed by atoms with Crippen molar-refractivity contribution in [3.8, 4) is 0 Å². The number of amides is 2. The van der Waals surface area contributed by atoms with E-state index in [9.17, 15) is 19.2 Å². The Kier molecular flexibility index (Phi) is 10.4. The monoisotopic (exact) mass is 622 g/mol. The normalized spacial score (nSPS) is 20.8. The molecule has 0 saturated heterocycles. The van der Waals surface area contributed by atoms with Crippen LogP contribution in [0.5, 0.6) is 0 Å². The Morgan fingerprint density at radius 1 is 0.690 bits per heavy atom. The topological polar surface area (TPSA) is 129 Å². The van der Waals surface area contributed by atoms with E-state index in [-0.39, 0.29) is 35.9 Å². The summed E-state index contributed by atoms with van der Waals surface area (Å²) >= 11 is 2.86. The van der Waals surface area contributed by atoms with Gasteiger partial charge in [0.1, 0.15) is 21.0 Å². The fourth-order valence-corrected chi connectivity index (χ4v) is 6.47. The Bertz CT molecular complexity index is 1220. The highest BCUT2D eigenvalue weighted by molar-refractivity contribution is 7.14. The predicted octanol–water partition coefficient (Wildman–Crippen LogP) is 6.45. The van der Waals surface area contributed by atoms with E-state index in [1.807, 2.05) is 67.5 Å². The third-order valence-corrected chi connectivity index (χ3v) is 8.56. The minimum absolute atomic E-state index is 0.0821. The summed E-state index contributed by atoms with van der Waals surface area (Å²) in [7, 11) is 2.75. The molecule has 2 aliphatic rings. The van der Waals surface area contributed by atoms with Gasteiger partial charge in [0.05, 0.1) is 14.2 Å². The highest BCUT2D eigenvalue weighted by Gasteiger charge is 2.43. The van der Waals surface area contributed by atoms with Crippen LogP contribution in [0.2, 0.25) is 0 Å². The maximum Gasteiger partial charge on any atom is 0.407 e. The molecular weight excluding hydrogens is 580 g/mol. The van der Waals surface area contributed by atoms with Crippen LogP contribution in [0.3, 0.4) is 0 Å². The van der Waals surface area contributed by atoms with E-state index in [0.717, 1.165) is 33.7 Å². The minimum atomic E-state index is -0.495. The van der Waals surface area contributed by atoms with Gasteiger partial charge in [-0.1, -0.05) is 0 Å². The number of carbonyl (C=O) groups excluding carboxylic acids is 4. The molecule has 0 aromatic carbocycles. The third kappa shape index (κ3) is 9.45. The Balaban J connectivity index is 0.000000230. The van der Waals surface area contributed by atoms with Crippen LogP contribution in [0, 0.1) is 13.8 Å². The number of rotatable bonds is 6. The van der Waals surface area contributed by atoms with E-state index in [1.165, 1.54) is 36.9 Å². The molecule has 4 rings (SSSR count). The van der Waals surface area contributed by atoms with E-state index in [0.29, 0.717) is 9.75 Å². The maximum absolute atomic E-state index is 11.7. The first kappa shape index (κ1) is 33.4. The van der Waals surface area contributed by atoms with Gasteiger partial charge in [-0.05, 0) is 91.5 Å². The van der Waals surface area contributed by atoms with Crippen molar-refractivity contribution in [2.45, 2.75) is 103 Å². The van der Waals surface area contributed by atoms with Crippen molar-refractivity contribution >= 4 is 46.8 Å². The molecule has 2 aromatic heterocycles. The molecule has 2 N–H and O–H groups in total. The average Bonchev–Trinajstić information content (AvgIpc) is 3.71. The van der Waals surface area contributed by atoms with Crippen molar-refractivity contribution in [2.75, 3.05) is 14.2 Å². The lowest BCUT2D eigenvalue weighted by molar-refractivity contribution is 0.0511. The van der Waals surface area contributed by atoms with Crippen LogP contribution in [0.25, 0.3) is 0 Å². The summed E-state index contributed by atoms with van der Waals surface area (Å²) in [6, 6.07) is 3.90. The number of aryl methyl sites for hydroxylation is 2. The predicted molar refractivity (Wildman–Crippen MR) is 162 cm³/mol. The number of alkyl carbamates (subject to hydrolysis) is 2. The van der Waals surface area contributed by atoms with Gasteiger partial charge in [-0.3, -0.25) is 0 Å². The number of nitrogens with one attached hydrogen (secondary N) is 2. The van der Waals surface area contributed by atoms with Crippen molar-refractivity contribution in [3.05, 3.63) is 42.8 Å². The standard InChI is InChI=1S/2C15H21NO4S/c2*1-8-9(7-12(21-8)13(17)19-5)10-6-11(10)16-14(18)20-15(2,3)4/h2*7,10-11H,6H2,1-5H3,(H,16,18)/t2*10-,11+/m00/s1. The molecule has 0 aliphatic heterocycles. The van der Waals surface area contributed by atoms with Crippen molar-refractivity contribution in [2.24, 2.45) is 0 Å². The van der Waals surface area contributed by atoms with Gasteiger partial charge < -0.3 is 29.6 Å². The Morgan fingerprint density at radius 2 is 1.02 bits per heavy atom. The Labute approximate surface area is 255 Å². The van der Waals surface area contributed by atoms with Crippen LogP contribution in [0.1, 0.15) is 106 Å². The molecule has 0 unspecified atom stereocenters. The largest absolute Gasteiger partial charge is 0.465 e. The lowest BCUT2D eigenvalue weighted by Gasteiger charge is -2.19. The number of esters is 2. The molecule has 42 heavy (non-hydrogen) atoms. The summed E-state index contributed by atoms with van der Waals surface area (Å²) in [5, 5.41) is 5.73. The SMILES string of the molecule is COC(=O)c1cc([C@@H]2C[C@H]2NC(=O)OC(C)(C)C)c(C)s1.COC(=O)c1cc([C@@H]2C[C@H]2NC(=O)OC(C)(C)C)c(C)s1. The van der Waals surface area contributed by atoms with E-state index in [1.54, 1.807) is 0 Å². The van der Waals surface area contributed by atoms with Crippen LogP contribution in [0.4, 0.5) is 9.59 Å². The average molecular weight is 623 g/mol. The second kappa shape index (κ2) is 13.0. The molecule has 0 radical (unpaired) electrons. The maximum atomic E-state index is 11.7. The lowest BCUT2D eigenvalue weighted by atomic mass is 10.1. The minimum Gasteiger partial charge on any atom is -0.465 e. The van der Waals surface area contributed by atoms with E-state index >= 15 is 0 Å². The van der Waals surface area contributed by atoms with Gasteiger partial charge in [0, 0.05) is 33.7 Å². The summed E-state index contributed by atoms with van der Waals surface area (Å²) in [5.41, 5.74) is 1.23. The van der Waals surface area contributed by atoms with Crippen LogP contribution < -0.4 is 10.6 Å². The number of hydrogen-bond acceptors (Lipinski definition) is 10. The number of ether oxygens (including phenoxy) is 4. The molecule has 0 bridgehead atoms. The first-order chi connectivity index (χ1) is 19.4. The quantitative estimate of drug-likeness (QED) is 0.278. The second-order valence-corrected chi connectivity index (χ2v) is 14.9. The zero-order valence-electron chi connectivity index (χ0n) is 26.0. The number of carbonyl (C=O) groups is 4. The zero-order chi connectivity index (χ0) is 31.6. The number of thiophene rings is 2. The van der Waals surface area contributed by atoms with Crippen molar-refractivity contribution in [1.82, 2.24) is 10.6 Å². The van der Waals surface area contributed by atoms with Crippen molar-refractivity contribution in [3.63, 3.8) is 0 Å². The lowest BCUT2D eigenvalue weighted by Crippen LogP contribution is -2.34. The molecule has 2 aliphatic carbocycles. The molecule has 2 saturated carbocycles. The molecule has 0 spiro atoms. The van der Waals surface area contributed by atoms with Gasteiger partial charge in [-0.15, -0.1) is 22.7 Å². The Morgan fingerprint density at radius 3 is 1.31 bits per heavy atom.